The number of hydrogen-bond donors (Lipinski definition) is 2. The van der Waals surface area contributed by atoms with Gasteiger partial charge in [0.15, 0.2) is 0 Å². The van der Waals surface area contributed by atoms with E-state index in [0.29, 0.717) is 17.0 Å². The second-order valence-electron chi connectivity index (χ2n) is 4.78. The molecule has 7 heteroatoms. The summed E-state index contributed by atoms with van der Waals surface area (Å²) >= 11 is 0. The van der Waals surface area contributed by atoms with Gasteiger partial charge in [-0.3, -0.25) is 4.72 Å². The summed E-state index contributed by atoms with van der Waals surface area (Å²) in [6.45, 7) is 0. The third-order valence-electron chi connectivity index (χ3n) is 3.01. The molecule has 0 bridgehead atoms. The SMILES string of the molecule is CN(C)S(=O)(=O)Nc1cccc(C(=NO)c2ccccc2)c1. The molecule has 0 saturated carbocycles. The van der Waals surface area contributed by atoms with Gasteiger partial charge < -0.3 is 5.21 Å². The van der Waals surface area contributed by atoms with Crippen molar-refractivity contribution >= 4 is 21.6 Å². The summed E-state index contributed by atoms with van der Waals surface area (Å²) in [6.07, 6.45) is 0. The molecule has 0 radical (unpaired) electrons. The maximum atomic E-state index is 11.9. The molecular weight excluding hydrogens is 302 g/mol. The minimum atomic E-state index is -3.58. The minimum absolute atomic E-state index is 0.367. The summed E-state index contributed by atoms with van der Waals surface area (Å²) in [5, 5.41) is 12.6. The first-order valence-corrected chi connectivity index (χ1v) is 7.96. The Hall–Kier alpha value is -2.38. The largest absolute Gasteiger partial charge is 0.410 e. The van der Waals surface area contributed by atoms with Crippen molar-refractivity contribution in [2.75, 3.05) is 18.8 Å². The van der Waals surface area contributed by atoms with Crippen LogP contribution in [0.25, 0.3) is 0 Å². The van der Waals surface area contributed by atoms with E-state index in [1.165, 1.54) is 14.1 Å². The Morgan fingerprint density at radius 1 is 1.05 bits per heavy atom. The fraction of sp³-hybridized carbons (Fsp3) is 0.133. The Morgan fingerprint density at radius 3 is 2.27 bits per heavy atom. The molecule has 116 valence electrons. The molecule has 0 unspecified atom stereocenters. The predicted molar refractivity (Wildman–Crippen MR) is 86.5 cm³/mol. The lowest BCUT2D eigenvalue weighted by Gasteiger charge is -2.14. The van der Waals surface area contributed by atoms with Crippen LogP contribution in [0.4, 0.5) is 5.69 Å². The highest BCUT2D eigenvalue weighted by Crippen LogP contribution is 2.17. The highest BCUT2D eigenvalue weighted by molar-refractivity contribution is 7.90. The number of rotatable bonds is 5. The van der Waals surface area contributed by atoms with Gasteiger partial charge in [0.2, 0.25) is 0 Å². The number of hydrogen-bond acceptors (Lipinski definition) is 4. The summed E-state index contributed by atoms with van der Waals surface area (Å²) < 4.78 is 27.2. The van der Waals surface area contributed by atoms with E-state index < -0.39 is 10.2 Å². The Balaban J connectivity index is 2.36. The predicted octanol–water partition coefficient (Wildman–Crippen LogP) is 2.13. The molecule has 0 spiro atoms. The normalized spacial score (nSPS) is 12.4. The van der Waals surface area contributed by atoms with E-state index in [9.17, 15) is 13.6 Å². The molecule has 0 aliphatic heterocycles. The van der Waals surface area contributed by atoms with Gasteiger partial charge >= 0.3 is 10.2 Å². The Labute approximate surface area is 129 Å². The van der Waals surface area contributed by atoms with Crippen LogP contribution >= 0.6 is 0 Å². The monoisotopic (exact) mass is 319 g/mol. The smallest absolute Gasteiger partial charge is 0.301 e. The lowest BCUT2D eigenvalue weighted by Crippen LogP contribution is -2.29. The Morgan fingerprint density at radius 2 is 1.68 bits per heavy atom. The molecule has 22 heavy (non-hydrogen) atoms. The molecule has 0 aliphatic carbocycles. The van der Waals surface area contributed by atoms with Crippen LogP contribution in [-0.2, 0) is 10.2 Å². The van der Waals surface area contributed by atoms with Crippen molar-refractivity contribution in [3.05, 3.63) is 65.7 Å². The number of anilines is 1. The first kappa shape index (κ1) is 16.0. The summed E-state index contributed by atoms with van der Waals surface area (Å²) in [5.41, 5.74) is 2.10. The third-order valence-corrected chi connectivity index (χ3v) is 4.47. The molecule has 2 aromatic rings. The maximum absolute atomic E-state index is 11.9. The second-order valence-corrected chi connectivity index (χ2v) is 6.67. The molecule has 0 heterocycles. The third kappa shape index (κ3) is 3.63. The van der Waals surface area contributed by atoms with Crippen LogP contribution in [0.15, 0.2) is 59.8 Å². The van der Waals surface area contributed by atoms with Gasteiger partial charge in [-0.1, -0.05) is 47.6 Å². The molecule has 2 aromatic carbocycles. The fourth-order valence-corrected chi connectivity index (χ4v) is 2.46. The van der Waals surface area contributed by atoms with Crippen molar-refractivity contribution in [1.82, 2.24) is 4.31 Å². The van der Waals surface area contributed by atoms with Crippen LogP contribution < -0.4 is 4.72 Å². The molecule has 2 rings (SSSR count). The van der Waals surface area contributed by atoms with Crippen molar-refractivity contribution in [3.63, 3.8) is 0 Å². The van der Waals surface area contributed by atoms with Crippen molar-refractivity contribution in [2.45, 2.75) is 0 Å². The fourth-order valence-electron chi connectivity index (χ4n) is 1.85. The van der Waals surface area contributed by atoms with Crippen molar-refractivity contribution < 1.29 is 13.6 Å². The molecule has 0 aromatic heterocycles. The first-order chi connectivity index (χ1) is 10.4. The van der Waals surface area contributed by atoms with Gasteiger partial charge in [0.05, 0.1) is 5.69 Å². The van der Waals surface area contributed by atoms with Crippen LogP contribution in [0.2, 0.25) is 0 Å². The van der Waals surface area contributed by atoms with E-state index in [1.54, 1.807) is 24.3 Å². The van der Waals surface area contributed by atoms with E-state index in [1.807, 2.05) is 30.3 Å². The topological polar surface area (TPSA) is 82.0 Å². The van der Waals surface area contributed by atoms with Gasteiger partial charge in [0.25, 0.3) is 0 Å². The first-order valence-electron chi connectivity index (χ1n) is 6.52. The van der Waals surface area contributed by atoms with E-state index >= 15 is 0 Å². The molecule has 0 aliphatic rings. The van der Waals surface area contributed by atoms with Crippen LogP contribution in [-0.4, -0.2) is 37.7 Å². The number of nitrogens with one attached hydrogen (secondary N) is 1. The van der Waals surface area contributed by atoms with Gasteiger partial charge in [0, 0.05) is 25.2 Å². The van der Waals surface area contributed by atoms with Crippen molar-refractivity contribution in [1.29, 1.82) is 0 Å². The van der Waals surface area contributed by atoms with Gasteiger partial charge in [0.1, 0.15) is 5.71 Å². The second kappa shape index (κ2) is 6.59. The summed E-state index contributed by atoms with van der Waals surface area (Å²) in [4.78, 5) is 0. The highest BCUT2D eigenvalue weighted by atomic mass is 32.2. The maximum Gasteiger partial charge on any atom is 0.301 e. The van der Waals surface area contributed by atoms with Crippen LogP contribution in [0, 0.1) is 0 Å². The molecule has 0 amide bonds. The van der Waals surface area contributed by atoms with Crippen LogP contribution in [0.1, 0.15) is 11.1 Å². The molecule has 6 nitrogen and oxygen atoms in total. The van der Waals surface area contributed by atoms with E-state index in [2.05, 4.69) is 9.88 Å². The Kier molecular flexibility index (Phi) is 4.79. The van der Waals surface area contributed by atoms with E-state index in [4.69, 9.17) is 0 Å². The molecule has 0 fully saturated rings. The van der Waals surface area contributed by atoms with Crippen molar-refractivity contribution in [3.8, 4) is 0 Å². The number of benzene rings is 2. The lowest BCUT2D eigenvalue weighted by atomic mass is 10.0. The van der Waals surface area contributed by atoms with Gasteiger partial charge in [-0.25, -0.2) is 0 Å². The summed E-state index contributed by atoms with van der Waals surface area (Å²) in [6, 6.07) is 15.8. The van der Waals surface area contributed by atoms with Gasteiger partial charge in [-0.15, -0.1) is 0 Å². The van der Waals surface area contributed by atoms with Crippen LogP contribution in [0.3, 0.4) is 0 Å². The average molecular weight is 319 g/mol. The average Bonchev–Trinajstić information content (AvgIpc) is 2.49. The summed E-state index contributed by atoms with van der Waals surface area (Å²) in [5.74, 6) is 0. The summed E-state index contributed by atoms with van der Waals surface area (Å²) in [7, 11) is -0.702. The van der Waals surface area contributed by atoms with Crippen LogP contribution in [0.5, 0.6) is 0 Å². The van der Waals surface area contributed by atoms with E-state index in [-0.39, 0.29) is 0 Å². The van der Waals surface area contributed by atoms with Gasteiger partial charge in [-0.05, 0) is 12.1 Å². The van der Waals surface area contributed by atoms with Gasteiger partial charge in [-0.2, -0.15) is 12.7 Å². The number of oxime groups is 1. The molecular formula is C15H17N3O3S. The zero-order chi connectivity index (χ0) is 16.2. The zero-order valence-corrected chi connectivity index (χ0v) is 13.1. The zero-order valence-electron chi connectivity index (χ0n) is 12.3. The molecule has 2 N–H and O–H groups in total. The standard InChI is InChI=1S/C15H17N3O3S/c1-18(2)22(20,21)17-14-10-6-9-13(11-14)15(16-19)12-7-4-3-5-8-12/h3-11,17,19H,1-2H3. The number of nitrogens with zero attached hydrogens (tertiary/aromatic N) is 2. The minimum Gasteiger partial charge on any atom is -0.410 e. The molecule has 0 saturated heterocycles. The molecule has 0 atom stereocenters. The Bertz CT molecular complexity index is 772. The van der Waals surface area contributed by atoms with E-state index in [0.717, 1.165) is 9.87 Å². The quantitative estimate of drug-likeness (QED) is 0.503. The lowest BCUT2D eigenvalue weighted by molar-refractivity contribution is 0.319. The highest BCUT2D eigenvalue weighted by Gasteiger charge is 2.14. The van der Waals surface area contributed by atoms with Crippen molar-refractivity contribution in [2.24, 2.45) is 5.16 Å².